The van der Waals surface area contributed by atoms with Gasteiger partial charge in [-0.05, 0) is 31.9 Å². The van der Waals surface area contributed by atoms with Crippen LogP contribution in [0.25, 0.3) is 0 Å². The molecule has 0 saturated carbocycles. The molecule has 1 atom stereocenters. The summed E-state index contributed by atoms with van der Waals surface area (Å²) >= 11 is 0. The van der Waals surface area contributed by atoms with E-state index in [-0.39, 0.29) is 6.42 Å². The molecule has 1 unspecified atom stereocenters. The number of nitrogens with two attached hydrogens (primary N) is 2. The first-order valence-corrected chi connectivity index (χ1v) is 5.31. The zero-order valence-electron chi connectivity index (χ0n) is 9.97. The van der Waals surface area contributed by atoms with Crippen LogP contribution >= 0.6 is 0 Å². The average molecular weight is 238 g/mol. The number of rotatable bonds is 4. The molecule has 5 heteroatoms. The summed E-state index contributed by atoms with van der Waals surface area (Å²) in [6.07, 6.45) is 0.207. The summed E-state index contributed by atoms with van der Waals surface area (Å²) in [5.41, 5.74) is 11.9. The van der Waals surface area contributed by atoms with Crippen molar-refractivity contribution < 1.29 is 15.0 Å². The van der Waals surface area contributed by atoms with Crippen LogP contribution in [-0.2, 0) is 16.8 Å². The highest BCUT2D eigenvalue weighted by molar-refractivity contribution is 5.73. The van der Waals surface area contributed by atoms with Crippen LogP contribution in [0, 0.1) is 0 Å². The maximum absolute atomic E-state index is 10.7. The smallest absolute Gasteiger partial charge is 0.320 e. The van der Waals surface area contributed by atoms with Crippen molar-refractivity contribution in [3.63, 3.8) is 0 Å². The first kappa shape index (κ1) is 13.5. The number of benzene rings is 1. The number of aliphatic carboxylic acids is 1. The largest absolute Gasteiger partial charge is 0.480 e. The lowest BCUT2D eigenvalue weighted by Gasteiger charge is -2.21. The van der Waals surface area contributed by atoms with E-state index < -0.39 is 17.6 Å². The molecule has 5 nitrogen and oxygen atoms in total. The first-order valence-electron chi connectivity index (χ1n) is 5.31. The average Bonchev–Trinajstić information content (AvgIpc) is 2.19. The quantitative estimate of drug-likeness (QED) is 0.569. The van der Waals surface area contributed by atoms with Crippen molar-refractivity contribution >= 4 is 11.7 Å². The third-order valence-electron chi connectivity index (χ3n) is 2.55. The number of carboxylic acids is 1. The van der Waals surface area contributed by atoms with Crippen molar-refractivity contribution in [2.45, 2.75) is 31.9 Å². The maximum atomic E-state index is 10.7. The normalized spacial score (nSPS) is 13.4. The minimum Gasteiger partial charge on any atom is -0.480 e. The molecule has 0 fully saturated rings. The van der Waals surface area contributed by atoms with Gasteiger partial charge < -0.3 is 21.7 Å². The van der Waals surface area contributed by atoms with E-state index in [9.17, 15) is 9.90 Å². The molecule has 1 aromatic carbocycles. The Morgan fingerprint density at radius 3 is 2.53 bits per heavy atom. The summed E-state index contributed by atoms with van der Waals surface area (Å²) < 4.78 is 0. The lowest BCUT2D eigenvalue weighted by atomic mass is 9.93. The zero-order valence-corrected chi connectivity index (χ0v) is 9.97. The minimum atomic E-state index is -1.06. The van der Waals surface area contributed by atoms with E-state index in [1.165, 1.54) is 0 Å². The second-order valence-corrected chi connectivity index (χ2v) is 4.63. The predicted molar refractivity (Wildman–Crippen MR) is 65.4 cm³/mol. The summed E-state index contributed by atoms with van der Waals surface area (Å²) in [7, 11) is 0. The van der Waals surface area contributed by atoms with Gasteiger partial charge in [-0.25, -0.2) is 0 Å². The van der Waals surface area contributed by atoms with Gasteiger partial charge in [0.05, 0.1) is 5.60 Å². The molecule has 0 radical (unpaired) electrons. The van der Waals surface area contributed by atoms with E-state index >= 15 is 0 Å². The zero-order chi connectivity index (χ0) is 13.2. The third-order valence-corrected chi connectivity index (χ3v) is 2.55. The van der Waals surface area contributed by atoms with Gasteiger partial charge in [0.2, 0.25) is 0 Å². The number of carbonyl (C=O) groups is 1. The van der Waals surface area contributed by atoms with Crippen LogP contribution in [-0.4, -0.2) is 22.2 Å². The van der Waals surface area contributed by atoms with Crippen LogP contribution in [0.15, 0.2) is 18.2 Å². The Hall–Kier alpha value is -1.59. The molecule has 0 aliphatic rings. The summed E-state index contributed by atoms with van der Waals surface area (Å²) in [6, 6.07) is 4.11. The molecule has 1 rings (SSSR count). The molecule has 0 amide bonds. The van der Waals surface area contributed by atoms with Gasteiger partial charge in [-0.15, -0.1) is 0 Å². The molecule has 0 aliphatic carbocycles. The summed E-state index contributed by atoms with van der Waals surface area (Å²) in [5, 5.41) is 18.6. The monoisotopic (exact) mass is 238 g/mol. The molecule has 0 aliphatic heterocycles. The third kappa shape index (κ3) is 3.44. The molecule has 94 valence electrons. The van der Waals surface area contributed by atoms with E-state index in [0.717, 1.165) is 5.56 Å². The standard InChI is InChI=1S/C12H18N2O3/c1-12(2,17)8-5-7(3-4-9(8)13)6-10(14)11(15)16/h3-5,10,17H,6,13-14H2,1-2H3,(H,15,16). The Kier molecular flexibility index (Phi) is 3.75. The van der Waals surface area contributed by atoms with E-state index in [0.29, 0.717) is 11.3 Å². The molecule has 0 bridgehead atoms. The van der Waals surface area contributed by atoms with Crippen LogP contribution in [0.2, 0.25) is 0 Å². The van der Waals surface area contributed by atoms with Crippen molar-refractivity contribution in [2.75, 3.05) is 5.73 Å². The number of hydrogen-bond donors (Lipinski definition) is 4. The van der Waals surface area contributed by atoms with Crippen LogP contribution in [0.3, 0.4) is 0 Å². The van der Waals surface area contributed by atoms with Gasteiger partial charge in [-0.2, -0.15) is 0 Å². The topological polar surface area (TPSA) is 110 Å². The fourth-order valence-electron chi connectivity index (χ4n) is 1.60. The summed E-state index contributed by atoms with van der Waals surface area (Å²) in [5.74, 6) is -1.05. The van der Waals surface area contributed by atoms with Crippen molar-refractivity contribution in [3.8, 4) is 0 Å². The predicted octanol–water partition coefficient (Wildman–Crippen LogP) is 0.451. The fourth-order valence-corrected chi connectivity index (χ4v) is 1.60. The maximum Gasteiger partial charge on any atom is 0.320 e. The van der Waals surface area contributed by atoms with Gasteiger partial charge in [0.1, 0.15) is 6.04 Å². The molecule has 0 saturated heterocycles. The number of aliphatic hydroxyl groups is 1. The Morgan fingerprint density at radius 1 is 1.47 bits per heavy atom. The highest BCUT2D eigenvalue weighted by Gasteiger charge is 2.20. The first-order chi connectivity index (χ1) is 7.71. The Bertz CT molecular complexity index is 424. The van der Waals surface area contributed by atoms with E-state index in [4.69, 9.17) is 16.6 Å². The van der Waals surface area contributed by atoms with Crippen molar-refractivity contribution in [1.82, 2.24) is 0 Å². The van der Waals surface area contributed by atoms with Crippen molar-refractivity contribution in [1.29, 1.82) is 0 Å². The Morgan fingerprint density at radius 2 is 2.06 bits per heavy atom. The molecular formula is C12H18N2O3. The highest BCUT2D eigenvalue weighted by atomic mass is 16.4. The second kappa shape index (κ2) is 4.73. The number of anilines is 1. The van der Waals surface area contributed by atoms with Gasteiger partial charge in [0.15, 0.2) is 0 Å². The van der Waals surface area contributed by atoms with Crippen LogP contribution in [0.4, 0.5) is 5.69 Å². The summed E-state index contributed by atoms with van der Waals surface area (Å²) in [6.45, 7) is 3.25. The van der Waals surface area contributed by atoms with Crippen LogP contribution in [0.1, 0.15) is 25.0 Å². The van der Waals surface area contributed by atoms with Gasteiger partial charge in [0.25, 0.3) is 0 Å². The second-order valence-electron chi connectivity index (χ2n) is 4.63. The molecule has 0 spiro atoms. The Labute approximate surface area is 100 Å². The van der Waals surface area contributed by atoms with Gasteiger partial charge in [-0.3, -0.25) is 4.79 Å². The number of carboxylic acid groups (broad SMARTS) is 1. The molecule has 0 heterocycles. The van der Waals surface area contributed by atoms with E-state index in [2.05, 4.69) is 0 Å². The molecule has 17 heavy (non-hydrogen) atoms. The number of hydrogen-bond acceptors (Lipinski definition) is 4. The van der Waals surface area contributed by atoms with Crippen molar-refractivity contribution in [2.24, 2.45) is 5.73 Å². The summed E-state index contributed by atoms with van der Waals surface area (Å²) in [4.78, 5) is 10.7. The van der Waals surface area contributed by atoms with E-state index in [1.807, 2.05) is 0 Å². The fraction of sp³-hybridized carbons (Fsp3) is 0.417. The number of nitrogen functional groups attached to an aromatic ring is 1. The molecule has 6 N–H and O–H groups in total. The van der Waals surface area contributed by atoms with E-state index in [1.54, 1.807) is 32.0 Å². The van der Waals surface area contributed by atoms with Crippen LogP contribution < -0.4 is 11.5 Å². The van der Waals surface area contributed by atoms with Gasteiger partial charge in [0, 0.05) is 11.3 Å². The highest BCUT2D eigenvalue weighted by Crippen LogP contribution is 2.26. The Balaban J connectivity index is 3.01. The lowest BCUT2D eigenvalue weighted by Crippen LogP contribution is -2.32. The lowest BCUT2D eigenvalue weighted by molar-refractivity contribution is -0.138. The molecule has 0 aromatic heterocycles. The van der Waals surface area contributed by atoms with Gasteiger partial charge in [-0.1, -0.05) is 12.1 Å². The molecule has 1 aromatic rings. The van der Waals surface area contributed by atoms with Crippen LogP contribution in [0.5, 0.6) is 0 Å². The van der Waals surface area contributed by atoms with Gasteiger partial charge >= 0.3 is 5.97 Å². The van der Waals surface area contributed by atoms with Crippen molar-refractivity contribution in [3.05, 3.63) is 29.3 Å². The SMILES string of the molecule is CC(C)(O)c1cc(CC(N)C(=O)O)ccc1N. The molecular weight excluding hydrogens is 220 g/mol. The minimum absolute atomic E-state index is 0.207.